The van der Waals surface area contributed by atoms with Gasteiger partial charge in [-0.05, 0) is 44.7 Å². The number of carbonyl (C=O) groups excluding carboxylic acids is 1. The summed E-state index contributed by atoms with van der Waals surface area (Å²) in [5, 5.41) is 3.71. The van der Waals surface area contributed by atoms with Crippen LogP contribution >= 0.6 is 0 Å². The van der Waals surface area contributed by atoms with E-state index in [-0.39, 0.29) is 11.5 Å². The number of ether oxygens (including phenoxy) is 2. The van der Waals surface area contributed by atoms with Crippen LogP contribution in [0.1, 0.15) is 48.7 Å². The Morgan fingerprint density at radius 2 is 2.38 bits per heavy atom. The zero-order valence-electron chi connectivity index (χ0n) is 12.6. The second-order valence-electron chi connectivity index (χ2n) is 5.90. The van der Waals surface area contributed by atoms with Crippen molar-refractivity contribution in [3.63, 3.8) is 0 Å². The van der Waals surface area contributed by atoms with E-state index in [4.69, 9.17) is 9.47 Å². The van der Waals surface area contributed by atoms with Crippen LogP contribution in [0, 0.1) is 0 Å². The molecule has 2 bridgehead atoms. The monoisotopic (exact) mass is 290 g/mol. The van der Waals surface area contributed by atoms with Crippen molar-refractivity contribution < 1.29 is 14.3 Å². The highest BCUT2D eigenvalue weighted by atomic mass is 16.5. The molecular weight excluding hydrogens is 268 g/mol. The van der Waals surface area contributed by atoms with Crippen molar-refractivity contribution in [2.45, 2.75) is 50.3 Å². The van der Waals surface area contributed by atoms with Gasteiger partial charge in [0.25, 0.3) is 0 Å². The molecule has 2 aliphatic rings. The number of pyridine rings is 1. The molecule has 3 unspecified atom stereocenters. The molecule has 1 aromatic heterocycles. The summed E-state index contributed by atoms with van der Waals surface area (Å²) >= 11 is 0. The van der Waals surface area contributed by atoms with E-state index in [2.05, 4.69) is 10.3 Å². The molecule has 5 nitrogen and oxygen atoms in total. The fraction of sp³-hybridized carbons (Fsp3) is 0.625. The van der Waals surface area contributed by atoms with Gasteiger partial charge in [0.2, 0.25) is 0 Å². The molecule has 0 radical (unpaired) electrons. The average molecular weight is 290 g/mol. The van der Waals surface area contributed by atoms with Crippen LogP contribution in [0.25, 0.3) is 0 Å². The third-order valence-electron chi connectivity index (χ3n) is 4.60. The van der Waals surface area contributed by atoms with Gasteiger partial charge >= 0.3 is 5.97 Å². The van der Waals surface area contributed by atoms with E-state index < -0.39 is 0 Å². The highest BCUT2D eigenvalue weighted by Gasteiger charge is 2.47. The van der Waals surface area contributed by atoms with Crippen LogP contribution < -0.4 is 5.32 Å². The zero-order chi connectivity index (χ0) is 14.9. The van der Waals surface area contributed by atoms with E-state index in [0.29, 0.717) is 17.7 Å². The third kappa shape index (κ3) is 2.68. The fourth-order valence-corrected chi connectivity index (χ4v) is 3.67. The molecule has 0 aliphatic carbocycles. The van der Waals surface area contributed by atoms with E-state index in [0.717, 1.165) is 38.0 Å². The summed E-state index contributed by atoms with van der Waals surface area (Å²) < 4.78 is 10.6. The quantitative estimate of drug-likeness (QED) is 0.860. The van der Waals surface area contributed by atoms with Crippen molar-refractivity contribution in [2.24, 2.45) is 0 Å². The lowest BCUT2D eigenvalue weighted by Crippen LogP contribution is -2.49. The summed E-state index contributed by atoms with van der Waals surface area (Å²) in [7, 11) is 1.38. The molecule has 21 heavy (non-hydrogen) atoms. The van der Waals surface area contributed by atoms with Gasteiger partial charge < -0.3 is 14.8 Å². The van der Waals surface area contributed by atoms with Crippen LogP contribution in [0.15, 0.2) is 18.3 Å². The van der Waals surface area contributed by atoms with E-state index >= 15 is 0 Å². The van der Waals surface area contributed by atoms with Gasteiger partial charge in [-0.15, -0.1) is 0 Å². The summed E-state index contributed by atoms with van der Waals surface area (Å²) in [5.74, 6) is -0.348. The minimum Gasteiger partial charge on any atom is -0.465 e. The van der Waals surface area contributed by atoms with E-state index in [1.807, 2.05) is 13.0 Å². The van der Waals surface area contributed by atoms with Gasteiger partial charge in [0.1, 0.15) is 0 Å². The normalized spacial score (nSPS) is 31.1. The number of nitrogens with one attached hydrogen (secondary N) is 1. The fourth-order valence-electron chi connectivity index (χ4n) is 3.67. The summed E-state index contributed by atoms with van der Waals surface area (Å²) in [5.41, 5.74) is 1.39. The van der Waals surface area contributed by atoms with E-state index in [1.165, 1.54) is 7.11 Å². The highest BCUT2D eigenvalue weighted by Crippen LogP contribution is 2.43. The Balaban J connectivity index is 1.83. The Bertz CT molecular complexity index is 517. The number of aromatic nitrogens is 1. The molecule has 114 valence electrons. The molecule has 2 aliphatic heterocycles. The van der Waals surface area contributed by atoms with Crippen molar-refractivity contribution in [3.8, 4) is 0 Å². The number of hydrogen-bond acceptors (Lipinski definition) is 5. The van der Waals surface area contributed by atoms with Crippen molar-refractivity contribution in [3.05, 3.63) is 29.6 Å². The molecule has 0 spiro atoms. The van der Waals surface area contributed by atoms with Gasteiger partial charge in [-0.2, -0.15) is 0 Å². The average Bonchev–Trinajstić information content (AvgIpc) is 2.83. The predicted octanol–water partition coefficient (Wildman–Crippen LogP) is 2.01. The molecular formula is C16H22N2O3. The largest absolute Gasteiger partial charge is 0.465 e. The summed E-state index contributed by atoms with van der Waals surface area (Å²) in [6.07, 6.45) is 6.16. The van der Waals surface area contributed by atoms with E-state index in [1.54, 1.807) is 12.3 Å². The molecule has 3 heterocycles. The SMILES string of the molecule is CCOC1CC2CCC(c3ccc(C(=O)OC)cn3)(C1)N2. The van der Waals surface area contributed by atoms with Gasteiger partial charge in [-0.1, -0.05) is 0 Å². The van der Waals surface area contributed by atoms with Crippen molar-refractivity contribution >= 4 is 5.97 Å². The number of fused-ring (bicyclic) bond motifs is 2. The van der Waals surface area contributed by atoms with Crippen molar-refractivity contribution in [2.75, 3.05) is 13.7 Å². The second kappa shape index (κ2) is 5.73. The smallest absolute Gasteiger partial charge is 0.339 e. The van der Waals surface area contributed by atoms with Crippen LogP contribution in [0.3, 0.4) is 0 Å². The van der Waals surface area contributed by atoms with Crippen LogP contribution in [0.5, 0.6) is 0 Å². The topological polar surface area (TPSA) is 60.5 Å². The molecule has 2 fully saturated rings. The lowest BCUT2D eigenvalue weighted by Gasteiger charge is -2.38. The van der Waals surface area contributed by atoms with Crippen molar-refractivity contribution in [1.82, 2.24) is 10.3 Å². The molecule has 3 atom stereocenters. The molecule has 0 amide bonds. The molecule has 5 heteroatoms. The minimum atomic E-state index is -0.348. The summed E-state index contributed by atoms with van der Waals surface area (Å²) in [6, 6.07) is 4.25. The summed E-state index contributed by atoms with van der Waals surface area (Å²) in [6.45, 7) is 2.79. The first-order chi connectivity index (χ1) is 10.2. The minimum absolute atomic E-state index is 0.0998. The third-order valence-corrected chi connectivity index (χ3v) is 4.60. The Hall–Kier alpha value is -1.46. The maximum absolute atomic E-state index is 11.5. The van der Waals surface area contributed by atoms with Crippen LogP contribution in [-0.2, 0) is 15.0 Å². The maximum atomic E-state index is 11.5. The van der Waals surface area contributed by atoms with Crippen LogP contribution in [0.4, 0.5) is 0 Å². The van der Waals surface area contributed by atoms with Gasteiger partial charge in [-0.25, -0.2) is 4.79 Å². The number of carbonyl (C=O) groups is 1. The Morgan fingerprint density at radius 3 is 3.05 bits per heavy atom. The van der Waals surface area contributed by atoms with Crippen molar-refractivity contribution in [1.29, 1.82) is 0 Å². The predicted molar refractivity (Wildman–Crippen MR) is 78.1 cm³/mol. The standard InChI is InChI=1S/C16H22N2O3/c1-3-21-13-8-12-6-7-16(9-13,18-12)14-5-4-11(10-17-14)15(19)20-2/h4-5,10,12-13,18H,3,6-9H2,1-2H3. The molecule has 1 aromatic rings. The number of rotatable bonds is 4. The first kappa shape index (κ1) is 14.5. The number of hydrogen-bond donors (Lipinski definition) is 1. The Kier molecular flexibility index (Phi) is 3.95. The Morgan fingerprint density at radius 1 is 1.52 bits per heavy atom. The molecule has 2 saturated heterocycles. The highest BCUT2D eigenvalue weighted by molar-refractivity contribution is 5.88. The molecule has 1 N–H and O–H groups in total. The zero-order valence-corrected chi connectivity index (χ0v) is 12.6. The molecule has 0 aromatic carbocycles. The summed E-state index contributed by atoms with van der Waals surface area (Å²) in [4.78, 5) is 16.0. The number of esters is 1. The lowest BCUT2D eigenvalue weighted by atomic mass is 9.85. The molecule has 3 rings (SSSR count). The number of piperidine rings is 1. The van der Waals surface area contributed by atoms with Gasteiger partial charge in [0.15, 0.2) is 0 Å². The van der Waals surface area contributed by atoms with Gasteiger partial charge in [-0.3, -0.25) is 4.98 Å². The lowest BCUT2D eigenvalue weighted by molar-refractivity contribution is 0.00786. The van der Waals surface area contributed by atoms with Crippen LogP contribution in [0.2, 0.25) is 0 Å². The van der Waals surface area contributed by atoms with Crippen LogP contribution in [-0.4, -0.2) is 36.8 Å². The van der Waals surface area contributed by atoms with Gasteiger partial charge in [0, 0.05) is 18.8 Å². The second-order valence-corrected chi connectivity index (χ2v) is 5.90. The molecule has 0 saturated carbocycles. The van der Waals surface area contributed by atoms with E-state index in [9.17, 15) is 4.79 Å². The number of methoxy groups -OCH3 is 1. The first-order valence-corrected chi connectivity index (χ1v) is 7.61. The number of nitrogens with zero attached hydrogens (tertiary/aromatic N) is 1. The maximum Gasteiger partial charge on any atom is 0.339 e. The first-order valence-electron chi connectivity index (χ1n) is 7.61. The Labute approximate surface area is 125 Å². The van der Waals surface area contributed by atoms with Gasteiger partial charge in [0.05, 0.1) is 30.0 Å².